The second-order valence-electron chi connectivity index (χ2n) is 31.9. The van der Waals surface area contributed by atoms with Crippen molar-refractivity contribution < 1.29 is 110 Å². The Morgan fingerprint density at radius 1 is 0.755 bits per heavy atom. The monoisotopic (exact) mass is 1480 g/mol. The van der Waals surface area contributed by atoms with Gasteiger partial charge in [0.15, 0.2) is 23.8 Å². The highest BCUT2D eigenvalue weighted by atomic mass is 16.6. The molecule has 586 valence electrons. The van der Waals surface area contributed by atoms with Crippen molar-refractivity contribution in [1.82, 2.24) is 4.90 Å². The van der Waals surface area contributed by atoms with E-state index in [4.69, 9.17) is 51.8 Å². The van der Waals surface area contributed by atoms with Gasteiger partial charge in [-0.25, -0.2) is 9.59 Å². The van der Waals surface area contributed by atoms with E-state index >= 15 is 0 Å². The number of fused-ring (bicyclic) bond motifs is 6. The molecule has 24 nitrogen and oxygen atoms in total. The summed E-state index contributed by atoms with van der Waals surface area (Å²) in [6.45, 7) is 17.7. The molecule has 21 atom stereocenters. The Balaban J connectivity index is 0.901. The minimum Gasteiger partial charge on any atom is -0.462 e. The number of ether oxygens (including phenoxy) is 10. The zero-order chi connectivity index (χ0) is 77.3. The summed E-state index contributed by atoms with van der Waals surface area (Å²) in [5, 5.41) is 22.9. The minimum absolute atomic E-state index is 0.00575. The molecule has 2 saturated heterocycles. The summed E-state index contributed by atoms with van der Waals surface area (Å²) >= 11 is 0. The fourth-order valence-electron chi connectivity index (χ4n) is 18.2. The van der Waals surface area contributed by atoms with Crippen LogP contribution in [0.2, 0.25) is 0 Å². The van der Waals surface area contributed by atoms with Crippen LogP contribution < -0.4 is 0 Å². The lowest BCUT2D eigenvalue weighted by Crippen LogP contribution is -2.61. The van der Waals surface area contributed by atoms with Crippen LogP contribution in [0.25, 0.3) is 0 Å². The van der Waals surface area contributed by atoms with Crippen molar-refractivity contribution in [3.8, 4) is 0 Å². The first-order chi connectivity index (χ1) is 50.3. The lowest BCUT2D eigenvalue weighted by atomic mass is 9.54. The van der Waals surface area contributed by atoms with Gasteiger partial charge < -0.3 is 66.9 Å². The molecular weight excluding hydrogens is 1370 g/mol. The van der Waals surface area contributed by atoms with E-state index in [0.717, 1.165) is 5.57 Å². The molecule has 0 radical (unpaired) electrons. The van der Waals surface area contributed by atoms with Gasteiger partial charge in [-0.1, -0.05) is 90.8 Å². The summed E-state index contributed by atoms with van der Waals surface area (Å²) in [4.78, 5) is 143. The molecule has 24 heteroatoms. The van der Waals surface area contributed by atoms with E-state index in [1.54, 1.807) is 48.0 Å². The predicted octanol–water partition coefficient (Wildman–Crippen LogP) is 11.0. The van der Waals surface area contributed by atoms with Crippen molar-refractivity contribution in [2.45, 2.75) is 282 Å². The van der Waals surface area contributed by atoms with Crippen LogP contribution in [-0.2, 0) is 91.1 Å². The standard InChI is InChI=1S/C82H115NO23/c1-45-24-18-17-19-25-46(2)60(97-12)40-54-31-29-51(7)82(95,106-54)76(91)77(92)83-35-23-22-26-57(83)79(94)102-61(48(4)38-53-30-33-58(85)62(39-53)98-13)41-59(86)47(3)37-50(6)73(75(99-14)71(89)49(5)36-45)105-67(88)28-21-16-15-20-27-66(87)103-64-34-32-56-68-70(63(101-52(8)84)42-80(56,64)9)81(10)65(44-96-11)104-78(93)55-43-100-74(69(55)81)72(68)90/h17-19,24-25,37,43,45,47-49,51,53-54,56-58,60-65,73,75,85,95H,15-16,20-23,26-36,38-42,44H2,1-14H3/b19-17+,24-18+,46-25+,50-37+/t45-,47-,48-,49-,51-,53+,54+,56+,57+,58-,60+,61+,62-,63-,64+,65-,73-,75+,80+,81+,82-/m1/s1. The molecule has 1 amide bonds. The van der Waals surface area contributed by atoms with Crippen molar-refractivity contribution in [3.05, 3.63) is 81.9 Å². The highest BCUT2D eigenvalue weighted by Crippen LogP contribution is 2.63. The largest absolute Gasteiger partial charge is 0.462 e. The van der Waals surface area contributed by atoms with E-state index in [2.05, 4.69) is 0 Å². The number of piperidine rings is 1. The first-order valence-corrected chi connectivity index (χ1v) is 38.5. The summed E-state index contributed by atoms with van der Waals surface area (Å²) in [6, 6.07) is -1.22. The average molecular weight is 1480 g/mol. The van der Waals surface area contributed by atoms with Gasteiger partial charge in [0.1, 0.15) is 48.1 Å². The normalized spacial score (nSPS) is 37.2. The third-order valence-corrected chi connectivity index (χ3v) is 24.4. The molecule has 0 unspecified atom stereocenters. The number of esters is 5. The third kappa shape index (κ3) is 18.2. The van der Waals surface area contributed by atoms with Crippen LogP contribution in [0.5, 0.6) is 0 Å². The second kappa shape index (κ2) is 36.2. The van der Waals surface area contributed by atoms with Gasteiger partial charge in [0.05, 0.1) is 36.4 Å². The number of aliphatic hydroxyl groups is 2. The van der Waals surface area contributed by atoms with E-state index in [-0.39, 0.29) is 86.4 Å². The zero-order valence-corrected chi connectivity index (χ0v) is 64.6. The lowest BCUT2D eigenvalue weighted by Gasteiger charge is -2.52. The molecule has 2 bridgehead atoms. The zero-order valence-electron chi connectivity index (χ0n) is 64.6. The Hall–Kier alpha value is -6.80. The molecule has 2 saturated carbocycles. The summed E-state index contributed by atoms with van der Waals surface area (Å²) in [6.07, 6.45) is 11.6. The van der Waals surface area contributed by atoms with Gasteiger partial charge >= 0.3 is 29.8 Å². The molecule has 106 heavy (non-hydrogen) atoms. The Morgan fingerprint density at radius 2 is 1.47 bits per heavy atom. The van der Waals surface area contributed by atoms with Crippen LogP contribution in [-0.4, -0.2) is 188 Å². The molecule has 4 aliphatic carbocycles. The van der Waals surface area contributed by atoms with Crippen molar-refractivity contribution in [2.24, 2.45) is 46.8 Å². The van der Waals surface area contributed by atoms with Crippen LogP contribution in [0.15, 0.2) is 69.4 Å². The maximum atomic E-state index is 14.9. The number of furan rings is 1. The first kappa shape index (κ1) is 83.2. The molecule has 8 aliphatic rings. The van der Waals surface area contributed by atoms with Crippen LogP contribution in [0.3, 0.4) is 0 Å². The Morgan fingerprint density at radius 3 is 2.15 bits per heavy atom. The highest BCUT2D eigenvalue weighted by Gasteiger charge is 2.65. The maximum Gasteiger partial charge on any atom is 0.342 e. The van der Waals surface area contributed by atoms with Gasteiger partial charge in [0.25, 0.3) is 11.7 Å². The number of unbranched alkanes of at least 4 members (excludes halogenated alkanes) is 3. The van der Waals surface area contributed by atoms with Gasteiger partial charge in [-0.3, -0.25) is 38.4 Å². The number of rotatable bonds is 18. The molecule has 4 aliphatic heterocycles. The third-order valence-electron chi connectivity index (χ3n) is 24.4. The molecule has 1 aromatic heterocycles. The molecular formula is C82H115NO23. The Bertz CT molecular complexity index is 3560. The first-order valence-electron chi connectivity index (χ1n) is 38.5. The maximum absolute atomic E-state index is 14.9. The number of allylic oxidation sites excluding steroid dienone is 7. The van der Waals surface area contributed by atoms with Crippen molar-refractivity contribution >= 4 is 58.9 Å². The predicted molar refractivity (Wildman–Crippen MR) is 386 cm³/mol. The molecule has 2 N–H and O–H groups in total. The molecule has 5 heterocycles. The number of hydrogen-bond acceptors (Lipinski definition) is 23. The second-order valence-corrected chi connectivity index (χ2v) is 31.9. The Labute approximate surface area is 623 Å². The van der Waals surface area contributed by atoms with Gasteiger partial charge in [-0.15, -0.1) is 0 Å². The fourth-order valence-corrected chi connectivity index (χ4v) is 18.2. The summed E-state index contributed by atoms with van der Waals surface area (Å²) in [5.74, 6) is -12.1. The number of cyclic esters (lactones) is 2. The number of nitrogens with zero attached hydrogens (tertiary/aromatic N) is 1. The van der Waals surface area contributed by atoms with E-state index in [1.165, 1.54) is 32.3 Å². The smallest absolute Gasteiger partial charge is 0.342 e. The number of aliphatic hydroxyl groups excluding tert-OH is 1. The van der Waals surface area contributed by atoms with Crippen LogP contribution in [0.1, 0.15) is 231 Å². The number of amides is 1. The molecule has 0 aromatic carbocycles. The van der Waals surface area contributed by atoms with Gasteiger partial charge in [0.2, 0.25) is 11.6 Å². The molecule has 9 rings (SSSR count). The summed E-state index contributed by atoms with van der Waals surface area (Å²) in [7, 11) is 5.96. The summed E-state index contributed by atoms with van der Waals surface area (Å²) < 4.78 is 66.1. The average Bonchev–Trinajstić information content (AvgIpc) is 1.38. The van der Waals surface area contributed by atoms with Gasteiger partial charge in [0, 0.05) is 102 Å². The molecule has 0 spiro atoms. The number of carbonyl (C=O) groups excluding carboxylic acids is 10. The topological polar surface area (TPSA) is 320 Å². The summed E-state index contributed by atoms with van der Waals surface area (Å²) in [5.41, 5.74) is 0.684. The van der Waals surface area contributed by atoms with E-state index in [9.17, 15) is 58.2 Å². The number of methoxy groups -OCH3 is 4. The van der Waals surface area contributed by atoms with Gasteiger partial charge in [-0.2, -0.15) is 0 Å². The number of hydrogen-bond donors (Lipinski definition) is 2. The number of carbonyl (C=O) groups is 10. The number of Topliss-reactive ketones (excluding diaryl/α,β-unsaturated/α-hetero) is 4. The lowest BCUT2D eigenvalue weighted by molar-refractivity contribution is -0.265. The SMILES string of the molecule is COC[C@H]1OC(=O)c2coc3c2[C@@]1(C)C1=C(C3=O)[C@@H]2CC[C@H](OC(=O)CCCCCCC(=O)O[C@@H]3/C(C)=C/[C@@H](C)C(=O)C[C@@H]([C@H](C)C[C@@H]4CC[C@@H](O)[C@H](OC)C4)OC(=O)[C@@H]4CCCCN4C(=O)C(=O)[C@]4(O)O[C@@H](CC[C@H]4C)C[C@H](OC)/C(C)=C/C=C/C=C/[C@@H](C)C[C@@H](C)C(=O)[C@@H]3OC)[C@@]2(C)C[C@H]1OC(C)=O. The van der Waals surface area contributed by atoms with E-state index in [0.29, 0.717) is 119 Å². The highest BCUT2D eigenvalue weighted by molar-refractivity contribution is 6.39. The van der Waals surface area contributed by atoms with Crippen molar-refractivity contribution in [3.63, 3.8) is 0 Å². The van der Waals surface area contributed by atoms with E-state index < -0.39 is 161 Å². The van der Waals surface area contributed by atoms with E-state index in [1.807, 2.05) is 65.0 Å². The minimum atomic E-state index is -2.49. The van der Waals surface area contributed by atoms with Crippen molar-refractivity contribution in [2.75, 3.05) is 41.6 Å². The Kier molecular flexibility index (Phi) is 28.4. The van der Waals surface area contributed by atoms with Crippen LogP contribution >= 0.6 is 0 Å². The van der Waals surface area contributed by atoms with Gasteiger partial charge in [-0.05, 0) is 157 Å². The quantitative estimate of drug-likeness (QED) is 0.0453. The fraction of sp³-hybridized carbons (Fsp3) is 0.707. The van der Waals surface area contributed by atoms with Crippen molar-refractivity contribution in [1.29, 1.82) is 0 Å². The molecule has 4 fully saturated rings. The number of ketones is 4. The van der Waals surface area contributed by atoms with Crippen LogP contribution in [0, 0.1) is 46.8 Å². The van der Waals surface area contributed by atoms with Crippen LogP contribution in [0.4, 0.5) is 0 Å². The molecule has 1 aromatic rings.